The highest BCUT2D eigenvalue weighted by Gasteiger charge is 2.18. The van der Waals surface area contributed by atoms with Gasteiger partial charge in [-0.25, -0.2) is 4.98 Å². The molecule has 0 aliphatic heterocycles. The number of rotatable bonds is 7. The third-order valence-electron chi connectivity index (χ3n) is 2.85. The molecule has 1 rings (SSSR count). The van der Waals surface area contributed by atoms with E-state index in [0.29, 0.717) is 44.0 Å². The van der Waals surface area contributed by atoms with Crippen molar-refractivity contribution in [2.45, 2.75) is 20.3 Å². The van der Waals surface area contributed by atoms with Crippen LogP contribution in [0.2, 0.25) is 0 Å². The van der Waals surface area contributed by atoms with Gasteiger partial charge in [-0.05, 0) is 26.0 Å². The Hall–Kier alpha value is -1.90. The van der Waals surface area contributed by atoms with E-state index in [1.165, 1.54) is 0 Å². The molecule has 0 unspecified atom stereocenters. The molecule has 0 saturated carbocycles. The number of amides is 1. The number of likely N-dealkylation sites (N-methyl/N-ethyl adjacent to an activating group) is 1. The zero-order chi connectivity index (χ0) is 15.5. The molecule has 114 valence electrons. The molecular weight excluding hydrogens is 268 g/mol. The highest BCUT2D eigenvalue weighted by molar-refractivity contribution is 5.94. The number of aromatic nitrogens is 1. The highest BCUT2D eigenvalue weighted by Crippen LogP contribution is 2.08. The van der Waals surface area contributed by atoms with Gasteiger partial charge in [-0.1, -0.05) is 11.8 Å². The minimum atomic E-state index is -0.147. The van der Waals surface area contributed by atoms with E-state index in [9.17, 15) is 4.79 Å². The highest BCUT2D eigenvalue weighted by atomic mass is 16.5. The Kier molecular flexibility index (Phi) is 8.10. The van der Waals surface area contributed by atoms with Crippen molar-refractivity contribution >= 4 is 5.91 Å². The molecule has 0 spiro atoms. The average Bonchev–Trinajstić information content (AvgIpc) is 2.52. The summed E-state index contributed by atoms with van der Waals surface area (Å²) in [4.78, 5) is 18.4. The zero-order valence-corrected chi connectivity index (χ0v) is 12.6. The largest absolute Gasteiger partial charge is 0.395 e. The molecule has 1 amide bonds. The molecule has 5 nitrogen and oxygen atoms in total. The van der Waals surface area contributed by atoms with Gasteiger partial charge in [-0.2, -0.15) is 0 Å². The van der Waals surface area contributed by atoms with Gasteiger partial charge in [0, 0.05) is 32.3 Å². The molecule has 0 aliphatic rings. The summed E-state index contributed by atoms with van der Waals surface area (Å²) in [5.74, 6) is 5.56. The first kappa shape index (κ1) is 17.2. The van der Waals surface area contributed by atoms with Crippen molar-refractivity contribution in [1.29, 1.82) is 0 Å². The third-order valence-corrected chi connectivity index (χ3v) is 2.85. The van der Waals surface area contributed by atoms with Crippen LogP contribution in [0, 0.1) is 11.8 Å². The Morgan fingerprint density at radius 1 is 1.48 bits per heavy atom. The average molecular weight is 290 g/mol. The van der Waals surface area contributed by atoms with Crippen LogP contribution in [0.3, 0.4) is 0 Å². The SMILES string of the molecule is CCOCCN(CC)C(=O)c1ncccc1C#CCCO. The molecule has 1 heterocycles. The summed E-state index contributed by atoms with van der Waals surface area (Å²) in [6.07, 6.45) is 1.96. The number of nitrogens with zero attached hydrogens (tertiary/aromatic N) is 2. The number of pyridine rings is 1. The van der Waals surface area contributed by atoms with Crippen molar-refractivity contribution in [3.05, 3.63) is 29.6 Å². The number of hydrogen-bond donors (Lipinski definition) is 1. The fraction of sp³-hybridized carbons (Fsp3) is 0.500. The Labute approximate surface area is 125 Å². The first-order valence-corrected chi connectivity index (χ1v) is 7.16. The second-order valence-electron chi connectivity index (χ2n) is 4.26. The monoisotopic (exact) mass is 290 g/mol. The summed E-state index contributed by atoms with van der Waals surface area (Å²) < 4.78 is 5.29. The zero-order valence-electron chi connectivity index (χ0n) is 12.6. The summed E-state index contributed by atoms with van der Waals surface area (Å²) in [6.45, 7) is 6.11. The van der Waals surface area contributed by atoms with E-state index in [1.54, 1.807) is 23.2 Å². The van der Waals surface area contributed by atoms with Crippen molar-refractivity contribution < 1.29 is 14.6 Å². The summed E-state index contributed by atoms with van der Waals surface area (Å²) in [6, 6.07) is 3.51. The number of carbonyl (C=O) groups excluding carboxylic acids is 1. The molecule has 0 aliphatic carbocycles. The molecule has 1 N–H and O–H groups in total. The van der Waals surface area contributed by atoms with E-state index in [-0.39, 0.29) is 12.5 Å². The number of carbonyl (C=O) groups is 1. The van der Waals surface area contributed by atoms with E-state index in [2.05, 4.69) is 16.8 Å². The van der Waals surface area contributed by atoms with Crippen LogP contribution in [-0.2, 0) is 4.74 Å². The third kappa shape index (κ3) is 5.54. The molecule has 0 saturated heterocycles. The van der Waals surface area contributed by atoms with Gasteiger partial charge in [0.25, 0.3) is 5.91 Å². The van der Waals surface area contributed by atoms with E-state index in [1.807, 2.05) is 13.8 Å². The molecule has 5 heteroatoms. The number of ether oxygens (including phenoxy) is 1. The second-order valence-corrected chi connectivity index (χ2v) is 4.26. The summed E-state index contributed by atoms with van der Waals surface area (Å²) >= 11 is 0. The van der Waals surface area contributed by atoms with Crippen LogP contribution in [0.4, 0.5) is 0 Å². The van der Waals surface area contributed by atoms with Crippen LogP contribution in [0.15, 0.2) is 18.3 Å². The number of aliphatic hydroxyl groups is 1. The van der Waals surface area contributed by atoms with Crippen molar-refractivity contribution in [2.75, 3.05) is 32.9 Å². The van der Waals surface area contributed by atoms with E-state index in [4.69, 9.17) is 9.84 Å². The predicted molar refractivity (Wildman–Crippen MR) is 80.9 cm³/mol. The fourth-order valence-electron chi connectivity index (χ4n) is 1.76. The van der Waals surface area contributed by atoms with Gasteiger partial charge in [0.2, 0.25) is 0 Å². The van der Waals surface area contributed by atoms with Crippen LogP contribution < -0.4 is 0 Å². The molecule has 0 atom stereocenters. The Morgan fingerprint density at radius 2 is 2.29 bits per heavy atom. The van der Waals surface area contributed by atoms with E-state index in [0.717, 1.165) is 0 Å². The predicted octanol–water partition coefficient (Wildman–Crippen LogP) is 1.31. The van der Waals surface area contributed by atoms with Gasteiger partial charge < -0.3 is 14.7 Å². The first-order valence-electron chi connectivity index (χ1n) is 7.16. The maximum Gasteiger partial charge on any atom is 0.273 e. The molecule has 0 aromatic carbocycles. The molecular formula is C16H22N2O3. The van der Waals surface area contributed by atoms with Gasteiger partial charge in [0.15, 0.2) is 0 Å². The lowest BCUT2D eigenvalue weighted by molar-refractivity contribution is 0.0663. The van der Waals surface area contributed by atoms with Crippen LogP contribution in [0.5, 0.6) is 0 Å². The van der Waals surface area contributed by atoms with E-state index < -0.39 is 0 Å². The van der Waals surface area contributed by atoms with Crippen molar-refractivity contribution in [1.82, 2.24) is 9.88 Å². The summed E-state index contributed by atoms with van der Waals surface area (Å²) in [5, 5.41) is 8.76. The molecule has 1 aromatic heterocycles. The Balaban J connectivity index is 2.87. The maximum absolute atomic E-state index is 12.5. The standard InChI is InChI=1S/C16H22N2O3/c1-3-18(11-13-21-4-2)16(20)15-14(8-5-6-12-19)9-7-10-17-15/h7,9-10,19H,3-4,6,11-13H2,1-2H3. The summed E-state index contributed by atoms with van der Waals surface area (Å²) in [7, 11) is 0. The molecule has 1 aromatic rings. The molecule has 0 fully saturated rings. The smallest absolute Gasteiger partial charge is 0.273 e. The van der Waals surface area contributed by atoms with Crippen molar-refractivity contribution in [2.24, 2.45) is 0 Å². The molecule has 21 heavy (non-hydrogen) atoms. The number of hydrogen-bond acceptors (Lipinski definition) is 4. The van der Waals surface area contributed by atoms with Gasteiger partial charge in [-0.3, -0.25) is 4.79 Å². The van der Waals surface area contributed by atoms with Crippen LogP contribution in [0.25, 0.3) is 0 Å². The van der Waals surface area contributed by atoms with Gasteiger partial charge in [0.1, 0.15) is 5.69 Å². The lowest BCUT2D eigenvalue weighted by atomic mass is 10.1. The minimum absolute atomic E-state index is 0.00594. The quantitative estimate of drug-likeness (QED) is 0.607. The topological polar surface area (TPSA) is 62.7 Å². The normalized spacial score (nSPS) is 9.86. The van der Waals surface area contributed by atoms with Crippen LogP contribution in [-0.4, -0.2) is 53.8 Å². The van der Waals surface area contributed by atoms with Crippen LogP contribution >= 0.6 is 0 Å². The lowest BCUT2D eigenvalue weighted by Crippen LogP contribution is -2.34. The minimum Gasteiger partial charge on any atom is -0.395 e. The second kappa shape index (κ2) is 9.92. The van der Waals surface area contributed by atoms with Crippen molar-refractivity contribution in [3.63, 3.8) is 0 Å². The van der Waals surface area contributed by atoms with E-state index >= 15 is 0 Å². The first-order chi connectivity index (χ1) is 10.2. The maximum atomic E-state index is 12.5. The number of aliphatic hydroxyl groups excluding tert-OH is 1. The lowest BCUT2D eigenvalue weighted by Gasteiger charge is -2.20. The Bertz CT molecular complexity index is 506. The molecule has 0 bridgehead atoms. The summed E-state index contributed by atoms with van der Waals surface area (Å²) in [5.41, 5.74) is 0.937. The van der Waals surface area contributed by atoms with Crippen molar-refractivity contribution in [3.8, 4) is 11.8 Å². The van der Waals surface area contributed by atoms with Gasteiger partial charge in [0.05, 0.1) is 18.8 Å². The Morgan fingerprint density at radius 3 is 2.95 bits per heavy atom. The fourth-order valence-corrected chi connectivity index (χ4v) is 1.76. The van der Waals surface area contributed by atoms with Gasteiger partial charge >= 0.3 is 0 Å². The molecule has 0 radical (unpaired) electrons. The van der Waals surface area contributed by atoms with Crippen LogP contribution in [0.1, 0.15) is 36.3 Å². The van der Waals surface area contributed by atoms with Gasteiger partial charge in [-0.15, -0.1) is 0 Å².